The molecule has 0 radical (unpaired) electrons. The summed E-state index contributed by atoms with van der Waals surface area (Å²) in [5.41, 5.74) is 1.91. The van der Waals surface area contributed by atoms with E-state index in [4.69, 9.17) is 19.5 Å². The average Bonchev–Trinajstić information content (AvgIpc) is 3.34. The fourth-order valence-electron chi connectivity index (χ4n) is 3.86. The minimum Gasteiger partial charge on any atom is -0.485 e. The number of carbonyl (C=O) groups is 1. The van der Waals surface area contributed by atoms with Crippen molar-refractivity contribution >= 4 is 15.9 Å². The molecule has 1 amide bonds. The maximum atomic E-state index is 12.1. The third-order valence-electron chi connectivity index (χ3n) is 5.48. The smallest absolute Gasteiger partial charge is 0.242 e. The second-order valence-corrected chi connectivity index (χ2v) is 9.53. The van der Waals surface area contributed by atoms with Crippen LogP contribution in [0.2, 0.25) is 0 Å². The van der Waals surface area contributed by atoms with E-state index in [2.05, 4.69) is 6.07 Å². The van der Waals surface area contributed by atoms with Gasteiger partial charge in [0.2, 0.25) is 15.9 Å². The highest BCUT2D eigenvalue weighted by atomic mass is 32.2. The number of nitrogens with one attached hydrogen (secondary N) is 1. The van der Waals surface area contributed by atoms with Crippen LogP contribution < -0.4 is 18.9 Å². The SMILES string of the molecule is N#Cc1ccc(Oc2cccc3c2OC[C@H]3Oc2ccc(C3CC(=O)NS3(=O)=O)cc2)cc1. The second-order valence-electron chi connectivity index (χ2n) is 7.66. The van der Waals surface area contributed by atoms with Crippen LogP contribution in [0, 0.1) is 11.3 Å². The van der Waals surface area contributed by atoms with Gasteiger partial charge >= 0.3 is 0 Å². The number of nitrogens with zero attached hydrogens (tertiary/aromatic N) is 1. The lowest BCUT2D eigenvalue weighted by atomic mass is 10.1. The molecular weight excluding hydrogens is 444 g/mol. The normalized spacial score (nSPS) is 20.3. The van der Waals surface area contributed by atoms with Crippen molar-refractivity contribution in [1.82, 2.24) is 4.72 Å². The first-order valence-electron chi connectivity index (χ1n) is 10.2. The van der Waals surface area contributed by atoms with Crippen molar-refractivity contribution < 1.29 is 27.4 Å². The molecule has 166 valence electrons. The first kappa shape index (κ1) is 20.8. The molecule has 3 aromatic carbocycles. The predicted octanol–water partition coefficient (Wildman–Crippen LogP) is 3.75. The number of carbonyl (C=O) groups excluding carboxylic acids is 1. The molecule has 2 aliphatic heterocycles. The summed E-state index contributed by atoms with van der Waals surface area (Å²) in [5.74, 6) is 1.76. The number of sulfonamides is 1. The van der Waals surface area contributed by atoms with Crippen LogP contribution in [0.25, 0.3) is 0 Å². The van der Waals surface area contributed by atoms with Crippen LogP contribution in [-0.4, -0.2) is 20.9 Å². The number of rotatable bonds is 5. The molecule has 0 saturated carbocycles. The van der Waals surface area contributed by atoms with Gasteiger partial charge in [0.1, 0.15) is 23.4 Å². The van der Waals surface area contributed by atoms with Gasteiger partial charge in [0.15, 0.2) is 17.6 Å². The van der Waals surface area contributed by atoms with Crippen LogP contribution in [0.5, 0.6) is 23.0 Å². The molecule has 1 fully saturated rings. The van der Waals surface area contributed by atoms with Crippen LogP contribution in [0.15, 0.2) is 66.7 Å². The maximum Gasteiger partial charge on any atom is 0.242 e. The molecule has 2 heterocycles. The third kappa shape index (κ3) is 4.08. The van der Waals surface area contributed by atoms with Crippen molar-refractivity contribution in [3.63, 3.8) is 0 Å². The van der Waals surface area contributed by atoms with E-state index < -0.39 is 21.2 Å². The van der Waals surface area contributed by atoms with Crippen LogP contribution in [0.1, 0.15) is 34.5 Å². The minimum atomic E-state index is -3.69. The molecule has 0 aliphatic carbocycles. The van der Waals surface area contributed by atoms with E-state index in [1.54, 1.807) is 54.6 Å². The third-order valence-corrected chi connectivity index (χ3v) is 7.18. The summed E-state index contributed by atoms with van der Waals surface area (Å²) in [6.45, 7) is 0.292. The quantitative estimate of drug-likeness (QED) is 0.614. The summed E-state index contributed by atoms with van der Waals surface area (Å²) in [5, 5.41) is 8.04. The fraction of sp³-hybridized carbons (Fsp3) is 0.167. The maximum absolute atomic E-state index is 12.1. The zero-order valence-corrected chi connectivity index (χ0v) is 18.0. The van der Waals surface area contributed by atoms with Crippen molar-refractivity contribution in [2.75, 3.05) is 6.61 Å². The lowest BCUT2D eigenvalue weighted by molar-refractivity contribution is -0.118. The molecule has 0 aromatic heterocycles. The van der Waals surface area contributed by atoms with Gasteiger partial charge < -0.3 is 14.2 Å². The minimum absolute atomic E-state index is 0.0889. The first-order valence-corrected chi connectivity index (χ1v) is 11.7. The molecule has 9 heteroatoms. The summed E-state index contributed by atoms with van der Waals surface area (Å²) in [7, 11) is -3.69. The van der Waals surface area contributed by atoms with E-state index in [0.29, 0.717) is 40.7 Å². The molecule has 0 spiro atoms. The fourth-order valence-corrected chi connectivity index (χ4v) is 5.29. The Balaban J connectivity index is 1.31. The lowest BCUT2D eigenvalue weighted by Crippen LogP contribution is -2.21. The number of nitriles is 1. The van der Waals surface area contributed by atoms with Crippen molar-refractivity contribution in [3.05, 3.63) is 83.4 Å². The van der Waals surface area contributed by atoms with E-state index in [1.165, 1.54) is 0 Å². The summed E-state index contributed by atoms with van der Waals surface area (Å²) >= 11 is 0. The highest BCUT2D eigenvalue weighted by molar-refractivity contribution is 7.90. The van der Waals surface area contributed by atoms with Crippen LogP contribution in [0.3, 0.4) is 0 Å². The van der Waals surface area contributed by atoms with Gasteiger partial charge in [-0.25, -0.2) is 8.42 Å². The Morgan fingerprint density at radius 1 is 1.00 bits per heavy atom. The highest BCUT2D eigenvalue weighted by Crippen LogP contribution is 2.43. The van der Waals surface area contributed by atoms with Gasteiger partial charge in [-0.15, -0.1) is 0 Å². The number of para-hydroxylation sites is 1. The molecule has 1 unspecified atom stereocenters. The van der Waals surface area contributed by atoms with Gasteiger partial charge in [-0.2, -0.15) is 5.26 Å². The number of amides is 1. The van der Waals surface area contributed by atoms with Gasteiger partial charge in [0, 0.05) is 5.56 Å². The average molecular weight is 462 g/mol. The molecule has 2 aliphatic rings. The zero-order valence-electron chi connectivity index (χ0n) is 17.2. The van der Waals surface area contributed by atoms with E-state index in [-0.39, 0.29) is 12.5 Å². The molecule has 3 aromatic rings. The molecule has 33 heavy (non-hydrogen) atoms. The second kappa shape index (κ2) is 8.15. The Labute approximate surface area is 190 Å². The molecule has 5 rings (SSSR count). The number of benzene rings is 3. The van der Waals surface area contributed by atoms with E-state index in [9.17, 15) is 13.2 Å². The number of hydrogen-bond donors (Lipinski definition) is 1. The summed E-state index contributed by atoms with van der Waals surface area (Å²) < 4.78 is 44.0. The van der Waals surface area contributed by atoms with Crippen LogP contribution >= 0.6 is 0 Å². The lowest BCUT2D eigenvalue weighted by Gasteiger charge is -2.14. The van der Waals surface area contributed by atoms with Crippen LogP contribution in [-0.2, 0) is 14.8 Å². The Hall–Kier alpha value is -4.03. The Kier molecular flexibility index (Phi) is 5.15. The van der Waals surface area contributed by atoms with Gasteiger partial charge in [0.05, 0.1) is 18.1 Å². The number of ether oxygens (including phenoxy) is 3. The molecule has 1 saturated heterocycles. The van der Waals surface area contributed by atoms with E-state index >= 15 is 0 Å². The number of hydrogen-bond acceptors (Lipinski definition) is 7. The van der Waals surface area contributed by atoms with Gasteiger partial charge in [-0.05, 0) is 48.0 Å². The van der Waals surface area contributed by atoms with Crippen molar-refractivity contribution in [1.29, 1.82) is 5.26 Å². The van der Waals surface area contributed by atoms with Gasteiger partial charge in [-0.3, -0.25) is 9.52 Å². The van der Waals surface area contributed by atoms with Crippen LogP contribution in [0.4, 0.5) is 0 Å². The topological polar surface area (TPSA) is 115 Å². The van der Waals surface area contributed by atoms with Crippen molar-refractivity contribution in [2.24, 2.45) is 0 Å². The Morgan fingerprint density at radius 3 is 2.39 bits per heavy atom. The summed E-state index contributed by atoms with van der Waals surface area (Å²) in [4.78, 5) is 11.5. The monoisotopic (exact) mass is 462 g/mol. The largest absolute Gasteiger partial charge is 0.485 e. The van der Waals surface area contributed by atoms with E-state index in [1.807, 2.05) is 16.9 Å². The van der Waals surface area contributed by atoms with Crippen molar-refractivity contribution in [3.8, 4) is 29.1 Å². The zero-order chi connectivity index (χ0) is 23.0. The summed E-state index contributed by atoms with van der Waals surface area (Å²) in [6.07, 6.45) is -0.456. The van der Waals surface area contributed by atoms with E-state index in [0.717, 1.165) is 5.56 Å². The molecular formula is C24H18N2O6S. The first-order chi connectivity index (χ1) is 15.9. The number of fused-ring (bicyclic) bond motifs is 1. The predicted molar refractivity (Wildman–Crippen MR) is 117 cm³/mol. The molecule has 0 bridgehead atoms. The van der Waals surface area contributed by atoms with Gasteiger partial charge in [-0.1, -0.05) is 24.3 Å². The van der Waals surface area contributed by atoms with Gasteiger partial charge in [0.25, 0.3) is 0 Å². The highest BCUT2D eigenvalue weighted by Gasteiger charge is 2.37. The molecule has 2 atom stereocenters. The molecule has 8 nitrogen and oxygen atoms in total. The Bertz CT molecular complexity index is 1360. The summed E-state index contributed by atoms with van der Waals surface area (Å²) in [6, 6.07) is 21.1. The Morgan fingerprint density at radius 2 is 1.73 bits per heavy atom. The standard InChI is InChI=1S/C24H18N2O6S/c25-13-15-4-8-17(9-5-15)31-20-3-1-2-19-21(14-30-24(19)20)32-18-10-6-16(7-11-18)22-12-23(27)26-33(22,28)29/h1-11,21-22H,12,14H2,(H,26,27)/t21-,22?/m1/s1. The molecule has 1 N–H and O–H groups in total. The van der Waals surface area contributed by atoms with Crippen molar-refractivity contribution in [2.45, 2.75) is 17.8 Å².